The van der Waals surface area contributed by atoms with Crippen LogP contribution in [-0.2, 0) is 16.1 Å². The van der Waals surface area contributed by atoms with Crippen LogP contribution in [0.2, 0.25) is 0 Å². The van der Waals surface area contributed by atoms with Crippen molar-refractivity contribution in [3.8, 4) is 0 Å². The lowest BCUT2D eigenvalue weighted by atomic mass is 9.88. The molecule has 6 heteroatoms. The molecule has 0 radical (unpaired) electrons. The number of rotatable bonds is 3. The minimum absolute atomic E-state index is 0.0261. The third-order valence-corrected chi connectivity index (χ3v) is 3.60. The van der Waals surface area contributed by atoms with Crippen LogP contribution in [0, 0.1) is 0 Å². The van der Waals surface area contributed by atoms with Gasteiger partial charge >= 0.3 is 5.97 Å². The van der Waals surface area contributed by atoms with E-state index in [9.17, 15) is 19.5 Å². The van der Waals surface area contributed by atoms with E-state index in [1.807, 2.05) is 0 Å². The van der Waals surface area contributed by atoms with Gasteiger partial charge in [0, 0.05) is 18.0 Å². The molecule has 1 atom stereocenters. The highest BCUT2D eigenvalue weighted by Crippen LogP contribution is 2.30. The van der Waals surface area contributed by atoms with Crippen molar-refractivity contribution in [3.63, 3.8) is 0 Å². The third-order valence-electron chi connectivity index (χ3n) is 3.60. The Morgan fingerprint density at radius 1 is 1.14 bits per heavy atom. The number of fused-ring (bicyclic) bond motifs is 1. The van der Waals surface area contributed by atoms with Gasteiger partial charge in [-0.15, -0.1) is 0 Å². The summed E-state index contributed by atoms with van der Waals surface area (Å²) in [6.45, 7) is 0.0261. The molecule has 1 aliphatic rings. The molecule has 110 valence electrons. The largest absolute Gasteiger partial charge is 0.480 e. The molecule has 2 amide bonds. The average Bonchev–Trinajstić information content (AvgIpc) is 2.52. The van der Waals surface area contributed by atoms with Crippen LogP contribution in [0.3, 0.4) is 0 Å². The van der Waals surface area contributed by atoms with E-state index in [-0.39, 0.29) is 17.7 Å². The van der Waals surface area contributed by atoms with Gasteiger partial charge in [0.05, 0.1) is 6.54 Å². The molecule has 2 aromatic rings. The number of carboxylic acid groups (broad SMARTS) is 1. The highest BCUT2D eigenvalue weighted by atomic mass is 16.4. The van der Waals surface area contributed by atoms with Crippen LogP contribution in [0.25, 0.3) is 0 Å². The van der Waals surface area contributed by atoms with Crippen LogP contribution in [0.4, 0.5) is 0 Å². The second kappa shape index (κ2) is 5.40. The van der Waals surface area contributed by atoms with Gasteiger partial charge in [0.15, 0.2) is 5.92 Å². The first-order chi connectivity index (χ1) is 10.6. The Kier molecular flexibility index (Phi) is 3.42. The zero-order valence-corrected chi connectivity index (χ0v) is 11.5. The summed E-state index contributed by atoms with van der Waals surface area (Å²) in [4.78, 5) is 41.3. The summed E-state index contributed by atoms with van der Waals surface area (Å²) >= 11 is 0. The molecule has 2 heterocycles. The van der Waals surface area contributed by atoms with Gasteiger partial charge in [0.2, 0.25) is 5.91 Å². The Hall–Kier alpha value is -3.02. The van der Waals surface area contributed by atoms with Crippen LogP contribution in [0.15, 0.2) is 48.8 Å². The maximum absolute atomic E-state index is 12.5. The van der Waals surface area contributed by atoms with E-state index in [2.05, 4.69) is 4.98 Å². The molecule has 0 saturated heterocycles. The van der Waals surface area contributed by atoms with Crippen molar-refractivity contribution in [1.82, 2.24) is 9.88 Å². The fourth-order valence-electron chi connectivity index (χ4n) is 2.54. The van der Waals surface area contributed by atoms with E-state index >= 15 is 0 Å². The Balaban J connectivity index is 2.04. The summed E-state index contributed by atoms with van der Waals surface area (Å²) in [5, 5.41) is 9.36. The Morgan fingerprint density at radius 2 is 1.82 bits per heavy atom. The van der Waals surface area contributed by atoms with Crippen molar-refractivity contribution in [3.05, 3.63) is 65.5 Å². The van der Waals surface area contributed by atoms with Crippen molar-refractivity contribution >= 4 is 17.8 Å². The number of aromatic nitrogens is 1. The van der Waals surface area contributed by atoms with Crippen molar-refractivity contribution in [2.75, 3.05) is 0 Å². The van der Waals surface area contributed by atoms with Gasteiger partial charge in [0.1, 0.15) is 0 Å². The van der Waals surface area contributed by atoms with E-state index < -0.39 is 23.7 Å². The fraction of sp³-hybridized carbons (Fsp3) is 0.125. The fourth-order valence-corrected chi connectivity index (χ4v) is 2.54. The van der Waals surface area contributed by atoms with Gasteiger partial charge in [-0.2, -0.15) is 0 Å². The second-order valence-corrected chi connectivity index (χ2v) is 4.94. The Labute approximate surface area is 126 Å². The van der Waals surface area contributed by atoms with Crippen LogP contribution >= 0.6 is 0 Å². The molecule has 1 aromatic carbocycles. The summed E-state index contributed by atoms with van der Waals surface area (Å²) in [6, 6.07) is 9.67. The first-order valence-corrected chi connectivity index (χ1v) is 6.66. The first-order valence-electron chi connectivity index (χ1n) is 6.66. The normalized spacial score (nSPS) is 17.3. The lowest BCUT2D eigenvalue weighted by molar-refractivity contribution is -0.146. The summed E-state index contributed by atoms with van der Waals surface area (Å²) in [6.07, 6.45) is 3.10. The maximum Gasteiger partial charge on any atom is 0.320 e. The maximum atomic E-state index is 12.5. The van der Waals surface area contributed by atoms with E-state index in [0.717, 1.165) is 4.90 Å². The van der Waals surface area contributed by atoms with Crippen LogP contribution in [-0.4, -0.2) is 32.8 Å². The number of amides is 2. The molecule has 1 unspecified atom stereocenters. The Bertz CT molecular complexity index is 758. The monoisotopic (exact) mass is 296 g/mol. The number of carboxylic acids is 1. The van der Waals surface area contributed by atoms with Crippen LogP contribution < -0.4 is 0 Å². The van der Waals surface area contributed by atoms with Gasteiger partial charge in [-0.25, -0.2) is 0 Å². The molecule has 22 heavy (non-hydrogen) atoms. The van der Waals surface area contributed by atoms with E-state index in [1.54, 1.807) is 42.7 Å². The molecule has 0 spiro atoms. The van der Waals surface area contributed by atoms with E-state index in [4.69, 9.17) is 0 Å². The number of carbonyl (C=O) groups excluding carboxylic acids is 2. The second-order valence-electron chi connectivity index (χ2n) is 4.94. The van der Waals surface area contributed by atoms with Crippen LogP contribution in [0.5, 0.6) is 0 Å². The molecular formula is C16H12N2O4. The predicted molar refractivity (Wildman–Crippen MR) is 75.9 cm³/mol. The quantitative estimate of drug-likeness (QED) is 0.684. The van der Waals surface area contributed by atoms with Crippen LogP contribution in [0.1, 0.15) is 27.4 Å². The predicted octanol–water partition coefficient (Wildman–Crippen LogP) is 1.43. The zero-order valence-electron chi connectivity index (χ0n) is 11.5. The number of nitrogens with zero attached hydrogens (tertiary/aromatic N) is 2. The van der Waals surface area contributed by atoms with Gasteiger partial charge in [-0.3, -0.25) is 24.3 Å². The van der Waals surface area contributed by atoms with Crippen molar-refractivity contribution < 1.29 is 19.5 Å². The molecule has 1 aromatic heterocycles. The molecule has 1 aliphatic heterocycles. The smallest absolute Gasteiger partial charge is 0.320 e. The highest BCUT2D eigenvalue weighted by Gasteiger charge is 2.42. The summed E-state index contributed by atoms with van der Waals surface area (Å²) in [5.41, 5.74) is 1.21. The summed E-state index contributed by atoms with van der Waals surface area (Å²) in [7, 11) is 0. The number of carbonyl (C=O) groups is 3. The Morgan fingerprint density at radius 3 is 2.50 bits per heavy atom. The number of hydrogen-bond acceptors (Lipinski definition) is 4. The lowest BCUT2D eigenvalue weighted by Gasteiger charge is -2.30. The number of imide groups is 1. The first kappa shape index (κ1) is 13.9. The average molecular weight is 296 g/mol. The molecule has 0 aliphatic carbocycles. The minimum Gasteiger partial charge on any atom is -0.480 e. The SMILES string of the molecule is O=C(O)C1C(=O)N(Cc2ccncc2)C(=O)c2ccccc21. The molecule has 0 bridgehead atoms. The minimum atomic E-state index is -1.35. The lowest BCUT2D eigenvalue weighted by Crippen LogP contribution is -2.46. The van der Waals surface area contributed by atoms with Crippen molar-refractivity contribution in [2.24, 2.45) is 0 Å². The molecule has 0 saturated carbocycles. The topological polar surface area (TPSA) is 87.6 Å². The summed E-state index contributed by atoms with van der Waals surface area (Å²) < 4.78 is 0. The molecule has 6 nitrogen and oxygen atoms in total. The standard InChI is InChI=1S/C16H12N2O4/c19-14-12-4-2-1-3-11(12)13(16(21)22)15(20)18(14)9-10-5-7-17-8-6-10/h1-8,13H,9H2,(H,21,22). The van der Waals surface area contributed by atoms with Crippen molar-refractivity contribution in [1.29, 1.82) is 0 Å². The van der Waals surface area contributed by atoms with Gasteiger partial charge in [-0.05, 0) is 29.3 Å². The van der Waals surface area contributed by atoms with Gasteiger partial charge in [-0.1, -0.05) is 18.2 Å². The van der Waals surface area contributed by atoms with Gasteiger partial charge in [0.25, 0.3) is 5.91 Å². The number of aliphatic carboxylic acids is 1. The highest BCUT2D eigenvalue weighted by molar-refractivity contribution is 6.17. The molecule has 3 rings (SSSR count). The zero-order chi connectivity index (χ0) is 15.7. The number of benzene rings is 1. The van der Waals surface area contributed by atoms with E-state index in [1.165, 1.54) is 6.07 Å². The molecular weight excluding hydrogens is 284 g/mol. The number of hydrogen-bond donors (Lipinski definition) is 1. The molecule has 1 N–H and O–H groups in total. The van der Waals surface area contributed by atoms with Gasteiger partial charge < -0.3 is 5.11 Å². The van der Waals surface area contributed by atoms with E-state index in [0.29, 0.717) is 5.56 Å². The number of pyridine rings is 1. The third kappa shape index (κ3) is 2.24. The van der Waals surface area contributed by atoms with Crippen molar-refractivity contribution in [2.45, 2.75) is 12.5 Å². The molecule has 0 fully saturated rings. The summed E-state index contributed by atoms with van der Waals surface area (Å²) in [5.74, 6) is -3.80.